The maximum atomic E-state index is 5.59. The Bertz CT molecular complexity index is 340. The fraction of sp³-hybridized carbons (Fsp3) is 1.00. The average molecular weight is 451 g/mol. The Balaban J connectivity index is 1.18. The summed E-state index contributed by atoms with van der Waals surface area (Å²) in [6, 6.07) is 0. The van der Waals surface area contributed by atoms with Gasteiger partial charge in [-0.1, -0.05) is 0 Å². The van der Waals surface area contributed by atoms with E-state index in [1.54, 1.807) is 0 Å². The highest BCUT2D eigenvalue weighted by molar-refractivity contribution is 4.54. The van der Waals surface area contributed by atoms with Gasteiger partial charge >= 0.3 is 0 Å². The zero-order valence-corrected chi connectivity index (χ0v) is 19.0. The number of hydrogen-bond acceptors (Lipinski definition) is 9. The first kappa shape index (κ1) is 26.9. The van der Waals surface area contributed by atoms with Crippen LogP contribution in [0.4, 0.5) is 0 Å². The van der Waals surface area contributed by atoms with Gasteiger partial charge in [0.15, 0.2) is 12.6 Å². The molecular weight excluding hydrogens is 408 g/mol. The molecule has 0 aliphatic carbocycles. The van der Waals surface area contributed by atoms with E-state index < -0.39 is 0 Å². The van der Waals surface area contributed by atoms with Crippen molar-refractivity contribution in [3.05, 3.63) is 0 Å². The third-order valence-electron chi connectivity index (χ3n) is 4.83. The van der Waals surface area contributed by atoms with Gasteiger partial charge in [-0.25, -0.2) is 0 Å². The van der Waals surface area contributed by atoms with Crippen LogP contribution in [-0.2, 0) is 42.6 Å². The zero-order valence-electron chi connectivity index (χ0n) is 19.0. The molecule has 2 rings (SSSR count). The maximum Gasteiger partial charge on any atom is 0.157 e. The summed E-state index contributed by atoms with van der Waals surface area (Å²) in [6.45, 7) is 8.21. The van der Waals surface area contributed by atoms with Crippen molar-refractivity contribution in [1.29, 1.82) is 0 Å². The highest BCUT2D eigenvalue weighted by Gasteiger charge is 2.14. The molecule has 0 bridgehead atoms. The molecule has 0 aromatic rings. The molecule has 2 heterocycles. The highest BCUT2D eigenvalue weighted by atomic mass is 16.7. The molecule has 2 saturated heterocycles. The molecule has 0 aromatic carbocycles. The minimum atomic E-state index is -0.0525. The van der Waals surface area contributed by atoms with E-state index in [-0.39, 0.29) is 12.6 Å². The zero-order chi connectivity index (χ0) is 21.7. The van der Waals surface area contributed by atoms with Gasteiger partial charge in [-0.2, -0.15) is 0 Å². The third-order valence-corrected chi connectivity index (χ3v) is 4.83. The summed E-state index contributed by atoms with van der Waals surface area (Å²) in [5.41, 5.74) is 0. The van der Waals surface area contributed by atoms with Gasteiger partial charge in [0.05, 0.1) is 79.3 Å². The van der Waals surface area contributed by atoms with Gasteiger partial charge in [0.2, 0.25) is 0 Å². The van der Waals surface area contributed by atoms with Crippen LogP contribution in [0.25, 0.3) is 0 Å². The maximum absolute atomic E-state index is 5.59. The molecule has 184 valence electrons. The van der Waals surface area contributed by atoms with E-state index in [0.717, 1.165) is 38.9 Å². The molecule has 0 aromatic heterocycles. The first-order chi connectivity index (χ1) is 15.4. The van der Waals surface area contributed by atoms with Crippen LogP contribution in [0.3, 0.4) is 0 Å². The van der Waals surface area contributed by atoms with Crippen LogP contribution in [0.1, 0.15) is 38.5 Å². The molecule has 0 spiro atoms. The Labute approximate surface area is 186 Å². The SMILES string of the molecule is C1CCC(OCCOCCOCCOCCOCCOCCOC2CCCCO2)OC1. The lowest BCUT2D eigenvalue weighted by atomic mass is 10.2. The van der Waals surface area contributed by atoms with Crippen molar-refractivity contribution < 1.29 is 42.6 Å². The molecule has 0 amide bonds. The molecule has 0 radical (unpaired) electrons. The first-order valence-electron chi connectivity index (χ1n) is 11.8. The lowest BCUT2D eigenvalue weighted by molar-refractivity contribution is -0.169. The highest BCUT2D eigenvalue weighted by Crippen LogP contribution is 2.14. The average Bonchev–Trinajstić information content (AvgIpc) is 2.82. The van der Waals surface area contributed by atoms with Gasteiger partial charge in [0.25, 0.3) is 0 Å². The monoisotopic (exact) mass is 450 g/mol. The lowest BCUT2D eigenvalue weighted by Crippen LogP contribution is -2.24. The molecule has 2 fully saturated rings. The van der Waals surface area contributed by atoms with E-state index in [1.165, 1.54) is 12.8 Å². The Morgan fingerprint density at radius 2 is 0.742 bits per heavy atom. The Hall–Kier alpha value is -0.360. The Morgan fingerprint density at radius 3 is 1.03 bits per heavy atom. The van der Waals surface area contributed by atoms with Crippen molar-refractivity contribution in [1.82, 2.24) is 0 Å². The van der Waals surface area contributed by atoms with Crippen molar-refractivity contribution >= 4 is 0 Å². The summed E-state index contributed by atoms with van der Waals surface area (Å²) in [5, 5.41) is 0. The second-order valence-electron chi connectivity index (χ2n) is 7.40. The van der Waals surface area contributed by atoms with Crippen LogP contribution >= 0.6 is 0 Å². The topological polar surface area (TPSA) is 83.1 Å². The lowest BCUT2D eigenvalue weighted by Gasteiger charge is -2.22. The van der Waals surface area contributed by atoms with Crippen molar-refractivity contribution in [2.75, 3.05) is 92.5 Å². The fourth-order valence-electron chi connectivity index (χ4n) is 3.14. The molecule has 2 unspecified atom stereocenters. The fourth-order valence-corrected chi connectivity index (χ4v) is 3.14. The number of ether oxygens (including phenoxy) is 9. The molecular formula is C22H42O9. The molecule has 2 aliphatic rings. The molecule has 9 heteroatoms. The summed E-state index contributed by atoms with van der Waals surface area (Å²) in [5.74, 6) is 0. The second-order valence-corrected chi connectivity index (χ2v) is 7.40. The van der Waals surface area contributed by atoms with E-state index in [0.29, 0.717) is 79.3 Å². The Morgan fingerprint density at radius 1 is 0.419 bits per heavy atom. The molecule has 2 aliphatic heterocycles. The van der Waals surface area contributed by atoms with Gasteiger partial charge in [-0.15, -0.1) is 0 Å². The van der Waals surface area contributed by atoms with Crippen LogP contribution in [-0.4, -0.2) is 105 Å². The molecule has 31 heavy (non-hydrogen) atoms. The number of hydrogen-bond donors (Lipinski definition) is 0. The van der Waals surface area contributed by atoms with E-state index in [1.807, 2.05) is 0 Å². The van der Waals surface area contributed by atoms with Crippen LogP contribution < -0.4 is 0 Å². The van der Waals surface area contributed by atoms with Gasteiger partial charge < -0.3 is 42.6 Å². The largest absolute Gasteiger partial charge is 0.377 e. The first-order valence-corrected chi connectivity index (χ1v) is 11.8. The quantitative estimate of drug-likeness (QED) is 0.259. The summed E-state index contributed by atoms with van der Waals surface area (Å²) in [4.78, 5) is 0. The predicted molar refractivity (Wildman–Crippen MR) is 113 cm³/mol. The standard InChI is InChI=1S/C22H42O9/c1-3-7-28-21(5-1)30-19-17-26-15-13-24-11-9-23-10-12-25-14-16-27-18-20-31-22-6-2-4-8-29-22/h21-22H,1-20H2. The summed E-state index contributed by atoms with van der Waals surface area (Å²) >= 11 is 0. The van der Waals surface area contributed by atoms with E-state index >= 15 is 0 Å². The van der Waals surface area contributed by atoms with Crippen LogP contribution in [0.2, 0.25) is 0 Å². The van der Waals surface area contributed by atoms with E-state index in [4.69, 9.17) is 42.6 Å². The van der Waals surface area contributed by atoms with Gasteiger partial charge in [-0.05, 0) is 38.5 Å². The second kappa shape index (κ2) is 20.3. The minimum absolute atomic E-state index is 0.0525. The summed E-state index contributed by atoms with van der Waals surface area (Å²) < 4.78 is 49.5. The summed E-state index contributed by atoms with van der Waals surface area (Å²) in [6.07, 6.45) is 6.47. The van der Waals surface area contributed by atoms with Crippen LogP contribution in [0.15, 0.2) is 0 Å². The van der Waals surface area contributed by atoms with Crippen LogP contribution in [0, 0.1) is 0 Å². The van der Waals surface area contributed by atoms with Crippen LogP contribution in [0.5, 0.6) is 0 Å². The van der Waals surface area contributed by atoms with Gasteiger partial charge in [0, 0.05) is 13.2 Å². The van der Waals surface area contributed by atoms with Crippen molar-refractivity contribution in [2.24, 2.45) is 0 Å². The molecule has 9 nitrogen and oxygen atoms in total. The van der Waals surface area contributed by atoms with Gasteiger partial charge in [0.1, 0.15) is 0 Å². The van der Waals surface area contributed by atoms with Crippen molar-refractivity contribution in [3.63, 3.8) is 0 Å². The van der Waals surface area contributed by atoms with Crippen molar-refractivity contribution in [2.45, 2.75) is 51.1 Å². The normalized spacial score (nSPS) is 22.1. The predicted octanol–water partition coefficient (Wildman–Crippen LogP) is 2.16. The minimum Gasteiger partial charge on any atom is -0.377 e. The van der Waals surface area contributed by atoms with Crippen molar-refractivity contribution in [3.8, 4) is 0 Å². The van der Waals surface area contributed by atoms with E-state index in [2.05, 4.69) is 0 Å². The summed E-state index contributed by atoms with van der Waals surface area (Å²) in [7, 11) is 0. The third kappa shape index (κ3) is 16.0. The molecule has 0 saturated carbocycles. The molecule has 2 atom stereocenters. The molecule has 0 N–H and O–H groups in total. The number of rotatable bonds is 20. The van der Waals surface area contributed by atoms with Gasteiger partial charge in [-0.3, -0.25) is 0 Å². The van der Waals surface area contributed by atoms with E-state index in [9.17, 15) is 0 Å². The Kier molecular flexibility index (Phi) is 17.6. The smallest absolute Gasteiger partial charge is 0.157 e.